The molecule has 1 unspecified atom stereocenters. The van der Waals surface area contributed by atoms with Gasteiger partial charge in [-0.05, 0) is 18.1 Å². The zero-order chi connectivity index (χ0) is 13.8. The molecule has 1 atom stereocenters. The fraction of sp³-hybridized carbons (Fsp3) is 0.467. The van der Waals surface area contributed by atoms with Crippen LogP contribution in [0.15, 0.2) is 24.3 Å². The Morgan fingerprint density at radius 3 is 2.89 bits per heavy atom. The minimum atomic E-state index is -0.0380. The minimum Gasteiger partial charge on any atom is -0.497 e. The van der Waals surface area contributed by atoms with Crippen molar-refractivity contribution in [3.63, 3.8) is 0 Å². The van der Waals surface area contributed by atoms with Crippen molar-refractivity contribution >= 4 is 11.7 Å². The molecule has 1 amide bonds. The van der Waals surface area contributed by atoms with E-state index in [0.29, 0.717) is 30.2 Å². The molecule has 19 heavy (non-hydrogen) atoms. The highest BCUT2D eigenvalue weighted by molar-refractivity contribution is 5.99. The van der Waals surface area contributed by atoms with Gasteiger partial charge in [0.15, 0.2) is 5.78 Å². The monoisotopic (exact) mass is 261 g/mol. The highest BCUT2D eigenvalue weighted by Crippen LogP contribution is 2.21. The summed E-state index contributed by atoms with van der Waals surface area (Å²) in [5.74, 6) is 1.10. The van der Waals surface area contributed by atoms with Crippen LogP contribution in [0.3, 0.4) is 0 Å². The van der Waals surface area contributed by atoms with Crippen molar-refractivity contribution in [3.8, 4) is 5.75 Å². The fourth-order valence-electron chi connectivity index (χ4n) is 2.34. The van der Waals surface area contributed by atoms with E-state index >= 15 is 0 Å². The zero-order valence-electron chi connectivity index (χ0n) is 11.4. The third kappa shape index (κ3) is 3.13. The Balaban J connectivity index is 2.03. The maximum atomic E-state index is 12.2. The van der Waals surface area contributed by atoms with Crippen molar-refractivity contribution in [2.75, 3.05) is 20.2 Å². The van der Waals surface area contributed by atoms with Gasteiger partial charge in [-0.25, -0.2) is 0 Å². The van der Waals surface area contributed by atoms with E-state index in [1.807, 2.05) is 0 Å². The smallest absolute Gasteiger partial charge is 0.223 e. The first-order valence-electron chi connectivity index (χ1n) is 6.59. The second-order valence-electron chi connectivity index (χ2n) is 4.91. The van der Waals surface area contributed by atoms with Crippen molar-refractivity contribution in [1.82, 2.24) is 4.90 Å². The molecule has 1 fully saturated rings. The molecule has 1 saturated heterocycles. The lowest BCUT2D eigenvalue weighted by atomic mass is 10.1. The van der Waals surface area contributed by atoms with Gasteiger partial charge >= 0.3 is 0 Å². The summed E-state index contributed by atoms with van der Waals surface area (Å²) in [6, 6.07) is 7.04. The predicted molar refractivity (Wildman–Crippen MR) is 72.3 cm³/mol. The molecule has 2 rings (SSSR count). The normalized spacial score (nSPS) is 18.7. The zero-order valence-corrected chi connectivity index (χ0v) is 11.4. The molecule has 0 aliphatic carbocycles. The third-order valence-corrected chi connectivity index (χ3v) is 3.60. The van der Waals surface area contributed by atoms with E-state index in [-0.39, 0.29) is 18.2 Å². The first-order valence-corrected chi connectivity index (χ1v) is 6.59. The molecule has 4 heteroatoms. The van der Waals surface area contributed by atoms with Crippen LogP contribution in [0.1, 0.15) is 30.1 Å². The van der Waals surface area contributed by atoms with Crippen LogP contribution in [0.25, 0.3) is 0 Å². The number of rotatable bonds is 5. The van der Waals surface area contributed by atoms with Gasteiger partial charge in [0, 0.05) is 18.5 Å². The van der Waals surface area contributed by atoms with Crippen LogP contribution in [0.5, 0.6) is 5.75 Å². The van der Waals surface area contributed by atoms with E-state index in [9.17, 15) is 9.59 Å². The lowest BCUT2D eigenvalue weighted by Crippen LogP contribution is -2.31. The predicted octanol–water partition coefficient (Wildman–Crippen LogP) is 2.14. The molecule has 1 aromatic carbocycles. The third-order valence-electron chi connectivity index (χ3n) is 3.60. The Morgan fingerprint density at radius 1 is 1.47 bits per heavy atom. The maximum absolute atomic E-state index is 12.2. The summed E-state index contributed by atoms with van der Waals surface area (Å²) in [5.41, 5.74) is 0.590. The van der Waals surface area contributed by atoms with E-state index in [1.165, 1.54) is 0 Å². The Labute approximate surface area is 113 Å². The largest absolute Gasteiger partial charge is 0.497 e. The Kier molecular flexibility index (Phi) is 4.20. The molecule has 0 radical (unpaired) electrons. The molecular weight excluding hydrogens is 242 g/mol. The van der Waals surface area contributed by atoms with Gasteiger partial charge in [-0.3, -0.25) is 9.59 Å². The summed E-state index contributed by atoms with van der Waals surface area (Å²) < 4.78 is 5.10. The molecule has 4 nitrogen and oxygen atoms in total. The Bertz CT molecular complexity index is 484. The number of likely N-dealkylation sites (tertiary alicyclic amines) is 1. The van der Waals surface area contributed by atoms with Crippen molar-refractivity contribution in [2.45, 2.75) is 19.8 Å². The van der Waals surface area contributed by atoms with Gasteiger partial charge in [0.1, 0.15) is 5.75 Å². The van der Waals surface area contributed by atoms with Gasteiger partial charge in [0.05, 0.1) is 13.7 Å². The second kappa shape index (κ2) is 5.87. The van der Waals surface area contributed by atoms with E-state index in [0.717, 1.165) is 6.42 Å². The van der Waals surface area contributed by atoms with Crippen LogP contribution < -0.4 is 4.74 Å². The number of hydrogen-bond donors (Lipinski definition) is 0. The molecule has 0 N–H and O–H groups in total. The topological polar surface area (TPSA) is 46.6 Å². The number of ether oxygens (including phenoxy) is 1. The Hall–Kier alpha value is -1.84. The first-order chi connectivity index (χ1) is 9.13. The summed E-state index contributed by atoms with van der Waals surface area (Å²) in [6.07, 6.45) is 1.55. The molecule has 102 valence electrons. The molecular formula is C15H19NO3. The summed E-state index contributed by atoms with van der Waals surface area (Å²) >= 11 is 0. The summed E-state index contributed by atoms with van der Waals surface area (Å²) in [6.45, 7) is 2.94. The molecule has 1 heterocycles. The Morgan fingerprint density at radius 2 is 2.26 bits per heavy atom. The molecule has 0 aromatic heterocycles. The van der Waals surface area contributed by atoms with Crippen molar-refractivity contribution in [1.29, 1.82) is 0 Å². The number of carbonyl (C=O) groups excluding carboxylic acids is 2. The van der Waals surface area contributed by atoms with Crippen LogP contribution in [0.2, 0.25) is 0 Å². The van der Waals surface area contributed by atoms with Crippen molar-refractivity contribution < 1.29 is 14.3 Å². The summed E-state index contributed by atoms with van der Waals surface area (Å²) in [7, 11) is 1.57. The molecule has 0 spiro atoms. The molecule has 1 aromatic rings. The second-order valence-corrected chi connectivity index (χ2v) is 4.91. The summed E-state index contributed by atoms with van der Waals surface area (Å²) in [5, 5.41) is 0. The average molecular weight is 261 g/mol. The van der Waals surface area contributed by atoms with Gasteiger partial charge in [-0.1, -0.05) is 25.5 Å². The van der Waals surface area contributed by atoms with Gasteiger partial charge < -0.3 is 9.64 Å². The SMILES string of the molecule is CCC1CC(=O)N(CC(=O)c2cccc(OC)c2)C1. The maximum Gasteiger partial charge on any atom is 0.223 e. The van der Waals surface area contributed by atoms with Gasteiger partial charge in [0.2, 0.25) is 5.91 Å². The minimum absolute atomic E-state index is 0.0380. The number of amides is 1. The van der Waals surface area contributed by atoms with Crippen LogP contribution in [-0.4, -0.2) is 36.8 Å². The molecule has 0 bridgehead atoms. The number of nitrogens with zero attached hydrogens (tertiary/aromatic N) is 1. The highest BCUT2D eigenvalue weighted by atomic mass is 16.5. The number of benzene rings is 1. The van der Waals surface area contributed by atoms with E-state index < -0.39 is 0 Å². The standard InChI is InChI=1S/C15H19NO3/c1-3-11-7-15(18)16(9-11)10-14(17)12-5-4-6-13(8-12)19-2/h4-6,8,11H,3,7,9-10H2,1-2H3. The van der Waals surface area contributed by atoms with Crippen LogP contribution in [0, 0.1) is 5.92 Å². The van der Waals surface area contributed by atoms with Crippen LogP contribution in [-0.2, 0) is 4.79 Å². The summed E-state index contributed by atoms with van der Waals surface area (Å²) in [4.78, 5) is 25.6. The average Bonchev–Trinajstić information content (AvgIpc) is 2.79. The number of methoxy groups -OCH3 is 1. The highest BCUT2D eigenvalue weighted by Gasteiger charge is 2.29. The van der Waals surface area contributed by atoms with Crippen LogP contribution in [0.4, 0.5) is 0 Å². The van der Waals surface area contributed by atoms with Gasteiger partial charge in [0.25, 0.3) is 0 Å². The fourth-order valence-corrected chi connectivity index (χ4v) is 2.34. The van der Waals surface area contributed by atoms with E-state index in [1.54, 1.807) is 36.3 Å². The van der Waals surface area contributed by atoms with Crippen LogP contribution >= 0.6 is 0 Å². The molecule has 1 aliphatic rings. The molecule has 0 saturated carbocycles. The van der Waals surface area contributed by atoms with Crippen molar-refractivity contribution in [3.05, 3.63) is 29.8 Å². The number of ketones is 1. The lowest BCUT2D eigenvalue weighted by Gasteiger charge is -2.15. The van der Waals surface area contributed by atoms with Crippen molar-refractivity contribution in [2.24, 2.45) is 5.92 Å². The van der Waals surface area contributed by atoms with E-state index in [2.05, 4.69) is 6.92 Å². The number of Topliss-reactive ketones (excluding diaryl/α,β-unsaturated/α-hetero) is 1. The molecule has 1 aliphatic heterocycles. The first kappa shape index (κ1) is 13.6. The number of carbonyl (C=O) groups is 2. The van der Waals surface area contributed by atoms with Gasteiger partial charge in [-0.2, -0.15) is 0 Å². The van der Waals surface area contributed by atoms with Gasteiger partial charge in [-0.15, -0.1) is 0 Å². The van der Waals surface area contributed by atoms with E-state index in [4.69, 9.17) is 4.74 Å². The number of hydrogen-bond acceptors (Lipinski definition) is 3. The lowest BCUT2D eigenvalue weighted by molar-refractivity contribution is -0.127. The quantitative estimate of drug-likeness (QED) is 0.763.